The Balaban J connectivity index is 2.53. The van der Waals surface area contributed by atoms with E-state index in [0.717, 1.165) is 23.8 Å². The largest absolute Gasteiger partial charge is 0.300 e. The molecule has 1 heteroatoms. The number of piperidine rings is 1. The molecule has 0 spiro atoms. The summed E-state index contributed by atoms with van der Waals surface area (Å²) in [5, 5.41) is 0. The van der Waals surface area contributed by atoms with Crippen molar-refractivity contribution < 1.29 is 0 Å². The van der Waals surface area contributed by atoms with Crippen molar-refractivity contribution in [3.05, 3.63) is 0 Å². The van der Waals surface area contributed by atoms with E-state index in [2.05, 4.69) is 39.5 Å². The average molecular weight is 169 g/mol. The monoisotopic (exact) mass is 169 g/mol. The van der Waals surface area contributed by atoms with Gasteiger partial charge in [-0.15, -0.1) is 0 Å². The number of rotatable bonds is 1. The maximum Gasteiger partial charge on any atom is 0.00388 e. The highest BCUT2D eigenvalue weighted by Gasteiger charge is 2.29. The third-order valence-electron chi connectivity index (χ3n) is 3.57. The van der Waals surface area contributed by atoms with E-state index in [1.54, 1.807) is 0 Å². The smallest absolute Gasteiger partial charge is 0.00388 e. The number of hydrogen-bond acceptors (Lipinski definition) is 1. The Morgan fingerprint density at radius 1 is 1.00 bits per heavy atom. The summed E-state index contributed by atoms with van der Waals surface area (Å²) in [6, 6.07) is 0.724. The minimum atomic E-state index is 0.724. The van der Waals surface area contributed by atoms with Crippen molar-refractivity contribution in [3.63, 3.8) is 0 Å². The molecule has 1 heterocycles. The highest BCUT2D eigenvalue weighted by Crippen LogP contribution is 2.28. The van der Waals surface area contributed by atoms with Crippen molar-refractivity contribution >= 4 is 0 Å². The van der Waals surface area contributed by atoms with Crippen molar-refractivity contribution in [2.75, 3.05) is 13.1 Å². The molecule has 2 unspecified atom stereocenters. The molecule has 0 amide bonds. The summed E-state index contributed by atoms with van der Waals surface area (Å²) in [6.45, 7) is 14.4. The highest BCUT2D eigenvalue weighted by atomic mass is 15.2. The van der Waals surface area contributed by atoms with E-state index >= 15 is 0 Å². The van der Waals surface area contributed by atoms with Crippen LogP contribution in [0.4, 0.5) is 0 Å². The Bertz CT molecular complexity index is 130. The van der Waals surface area contributed by atoms with E-state index in [0.29, 0.717) is 0 Å². The predicted molar refractivity (Wildman–Crippen MR) is 54.2 cm³/mol. The molecule has 72 valence electrons. The van der Waals surface area contributed by atoms with Gasteiger partial charge in [-0.1, -0.05) is 20.8 Å². The van der Waals surface area contributed by atoms with Gasteiger partial charge >= 0.3 is 0 Å². The molecule has 12 heavy (non-hydrogen) atoms. The van der Waals surface area contributed by atoms with Crippen molar-refractivity contribution in [1.82, 2.24) is 4.90 Å². The van der Waals surface area contributed by atoms with Crippen molar-refractivity contribution in [2.24, 2.45) is 17.8 Å². The summed E-state index contributed by atoms with van der Waals surface area (Å²) >= 11 is 0. The van der Waals surface area contributed by atoms with Gasteiger partial charge in [0.25, 0.3) is 0 Å². The normalized spacial score (nSPS) is 39.0. The summed E-state index contributed by atoms with van der Waals surface area (Å²) in [7, 11) is 0. The van der Waals surface area contributed by atoms with Crippen LogP contribution >= 0.6 is 0 Å². The molecule has 1 saturated heterocycles. The fraction of sp³-hybridized carbons (Fsp3) is 1.00. The predicted octanol–water partition coefficient (Wildman–Crippen LogP) is 2.62. The van der Waals surface area contributed by atoms with Gasteiger partial charge in [0.1, 0.15) is 0 Å². The first-order chi connectivity index (χ1) is 5.52. The molecule has 1 fully saturated rings. The van der Waals surface area contributed by atoms with Gasteiger partial charge in [0.05, 0.1) is 0 Å². The molecule has 2 atom stereocenters. The fourth-order valence-electron chi connectivity index (χ4n) is 2.13. The Hall–Kier alpha value is -0.0400. The van der Waals surface area contributed by atoms with Crippen LogP contribution in [0.15, 0.2) is 0 Å². The van der Waals surface area contributed by atoms with E-state index in [1.165, 1.54) is 13.1 Å². The van der Waals surface area contributed by atoms with E-state index < -0.39 is 0 Å². The molecule has 0 aromatic carbocycles. The van der Waals surface area contributed by atoms with Gasteiger partial charge in [0, 0.05) is 19.1 Å². The molecule has 0 N–H and O–H groups in total. The van der Waals surface area contributed by atoms with E-state index in [9.17, 15) is 0 Å². The lowest BCUT2D eigenvalue weighted by molar-refractivity contribution is 0.0656. The SMILES string of the molecule is CC1CN(C(C)C)CC(C)C1C. The molecule has 0 radical (unpaired) electrons. The summed E-state index contributed by atoms with van der Waals surface area (Å²) in [5.41, 5.74) is 0. The molecule has 0 aliphatic carbocycles. The van der Waals surface area contributed by atoms with Gasteiger partial charge in [-0.25, -0.2) is 0 Å². The molecule has 1 aliphatic heterocycles. The second kappa shape index (κ2) is 3.78. The highest BCUT2D eigenvalue weighted by molar-refractivity contribution is 4.81. The van der Waals surface area contributed by atoms with Crippen LogP contribution in [-0.2, 0) is 0 Å². The first-order valence-electron chi connectivity index (χ1n) is 5.26. The first kappa shape index (κ1) is 10.0. The minimum Gasteiger partial charge on any atom is -0.300 e. The molecule has 0 saturated carbocycles. The van der Waals surface area contributed by atoms with Crippen LogP contribution in [-0.4, -0.2) is 24.0 Å². The number of nitrogens with zero attached hydrogens (tertiary/aromatic N) is 1. The van der Waals surface area contributed by atoms with Crippen LogP contribution in [0.25, 0.3) is 0 Å². The molecule has 0 aromatic heterocycles. The van der Waals surface area contributed by atoms with E-state index in [1.807, 2.05) is 0 Å². The molecule has 1 nitrogen and oxygen atoms in total. The molecule has 0 aromatic rings. The van der Waals surface area contributed by atoms with E-state index in [-0.39, 0.29) is 0 Å². The van der Waals surface area contributed by atoms with Gasteiger partial charge in [0.15, 0.2) is 0 Å². The van der Waals surface area contributed by atoms with Gasteiger partial charge in [-0.05, 0) is 31.6 Å². The van der Waals surface area contributed by atoms with Crippen LogP contribution in [0.3, 0.4) is 0 Å². The molecular weight excluding hydrogens is 146 g/mol. The third kappa shape index (κ3) is 2.01. The maximum absolute atomic E-state index is 2.61. The third-order valence-corrected chi connectivity index (χ3v) is 3.57. The summed E-state index contributed by atoms with van der Waals surface area (Å²) in [5.74, 6) is 2.65. The van der Waals surface area contributed by atoms with Crippen LogP contribution in [0.5, 0.6) is 0 Å². The Labute approximate surface area is 77.1 Å². The summed E-state index contributed by atoms with van der Waals surface area (Å²) in [4.78, 5) is 2.61. The maximum atomic E-state index is 2.61. The molecular formula is C11H23N. The van der Waals surface area contributed by atoms with Gasteiger partial charge in [0.2, 0.25) is 0 Å². The second-order valence-electron chi connectivity index (χ2n) is 4.86. The topological polar surface area (TPSA) is 3.24 Å². The standard InChI is InChI=1S/C11H23N/c1-8(2)12-6-9(3)11(5)10(4)7-12/h8-11H,6-7H2,1-5H3. The second-order valence-corrected chi connectivity index (χ2v) is 4.86. The average Bonchev–Trinajstić information content (AvgIpc) is 1.99. The van der Waals surface area contributed by atoms with Crippen molar-refractivity contribution in [1.29, 1.82) is 0 Å². The molecule has 1 rings (SSSR count). The van der Waals surface area contributed by atoms with Crippen molar-refractivity contribution in [2.45, 2.75) is 40.7 Å². The summed E-state index contributed by atoms with van der Waals surface area (Å²) in [6.07, 6.45) is 0. The number of hydrogen-bond donors (Lipinski definition) is 0. The van der Waals surface area contributed by atoms with Crippen LogP contribution in [0.1, 0.15) is 34.6 Å². The molecule has 1 aliphatic rings. The van der Waals surface area contributed by atoms with Gasteiger partial charge in [-0.2, -0.15) is 0 Å². The van der Waals surface area contributed by atoms with Crippen LogP contribution < -0.4 is 0 Å². The van der Waals surface area contributed by atoms with Gasteiger partial charge < -0.3 is 4.90 Å². The van der Waals surface area contributed by atoms with Gasteiger partial charge in [-0.3, -0.25) is 0 Å². The fourth-order valence-corrected chi connectivity index (χ4v) is 2.13. The molecule has 0 bridgehead atoms. The Kier molecular flexibility index (Phi) is 3.16. The zero-order valence-corrected chi connectivity index (χ0v) is 9.17. The Morgan fingerprint density at radius 3 is 1.75 bits per heavy atom. The quantitative estimate of drug-likeness (QED) is 0.583. The number of likely N-dealkylation sites (tertiary alicyclic amines) is 1. The lowest BCUT2D eigenvalue weighted by Crippen LogP contribution is -2.46. The lowest BCUT2D eigenvalue weighted by Gasteiger charge is -2.41. The van der Waals surface area contributed by atoms with E-state index in [4.69, 9.17) is 0 Å². The first-order valence-corrected chi connectivity index (χ1v) is 5.26. The minimum absolute atomic E-state index is 0.724. The summed E-state index contributed by atoms with van der Waals surface area (Å²) < 4.78 is 0. The van der Waals surface area contributed by atoms with Crippen molar-refractivity contribution in [3.8, 4) is 0 Å². The zero-order chi connectivity index (χ0) is 9.30. The Morgan fingerprint density at radius 2 is 1.42 bits per heavy atom. The lowest BCUT2D eigenvalue weighted by atomic mass is 9.80. The van der Waals surface area contributed by atoms with Crippen LogP contribution in [0.2, 0.25) is 0 Å². The zero-order valence-electron chi connectivity index (χ0n) is 9.17. The van der Waals surface area contributed by atoms with Crippen LogP contribution in [0, 0.1) is 17.8 Å².